The molecule has 1 aromatic rings. The monoisotopic (exact) mass is 288 g/mol. The van der Waals surface area contributed by atoms with Crippen LogP contribution in [0, 0.1) is 17.8 Å². The van der Waals surface area contributed by atoms with Gasteiger partial charge in [0.1, 0.15) is 5.75 Å². The highest BCUT2D eigenvalue weighted by Gasteiger charge is 2.24. The third-order valence-corrected chi connectivity index (χ3v) is 4.00. The number of rotatable bonds is 3. The molecule has 1 saturated heterocycles. The van der Waals surface area contributed by atoms with Crippen LogP contribution in [0.4, 0.5) is 0 Å². The number of aliphatic hydroxyl groups excluding tert-OH is 1. The van der Waals surface area contributed by atoms with Crippen molar-refractivity contribution in [2.45, 2.75) is 26.0 Å². The van der Waals surface area contributed by atoms with Crippen LogP contribution in [0.3, 0.4) is 0 Å². The van der Waals surface area contributed by atoms with Gasteiger partial charge in [0.25, 0.3) is 0 Å². The molecule has 3 N–H and O–H groups in total. The number of β-amino-alcohol motifs (C(OH)–C–C–N with tert-alkyl or cyclic N) is 1. The van der Waals surface area contributed by atoms with E-state index in [1.165, 1.54) is 5.56 Å². The Bertz CT molecular complexity index is 533. The average molecular weight is 288 g/mol. The van der Waals surface area contributed by atoms with E-state index in [2.05, 4.69) is 29.7 Å². The van der Waals surface area contributed by atoms with Gasteiger partial charge in [-0.1, -0.05) is 24.8 Å². The van der Waals surface area contributed by atoms with Gasteiger partial charge in [-0.25, -0.2) is 0 Å². The summed E-state index contributed by atoms with van der Waals surface area (Å²) in [7, 11) is 1.64. The first-order chi connectivity index (χ1) is 10.1. The number of aliphatic hydroxyl groups is 1. The lowest BCUT2D eigenvalue weighted by Crippen LogP contribution is -2.42. The standard InChI is InChI=1S/C17H24N2O2/c1-13-7-9-19(12-16(13)20)11-14-5-6-17(21-2)15(10-14)4-3-8-18/h5-6,10,13,16,20H,7-9,11-12,18H2,1-2H3. The van der Waals surface area contributed by atoms with Crippen molar-refractivity contribution in [3.8, 4) is 17.6 Å². The minimum absolute atomic E-state index is 0.228. The molecule has 2 rings (SSSR count). The van der Waals surface area contributed by atoms with E-state index < -0.39 is 0 Å². The topological polar surface area (TPSA) is 58.7 Å². The molecule has 0 aliphatic carbocycles. The minimum Gasteiger partial charge on any atom is -0.495 e. The Kier molecular flexibility index (Phi) is 5.63. The van der Waals surface area contributed by atoms with Crippen LogP contribution in [0.2, 0.25) is 0 Å². The number of nitrogens with zero attached hydrogens (tertiary/aromatic N) is 1. The molecule has 1 aromatic carbocycles. The van der Waals surface area contributed by atoms with E-state index in [-0.39, 0.29) is 6.10 Å². The predicted molar refractivity (Wildman–Crippen MR) is 84.0 cm³/mol. The van der Waals surface area contributed by atoms with Gasteiger partial charge in [-0.2, -0.15) is 0 Å². The Labute approximate surface area is 126 Å². The number of nitrogens with two attached hydrogens (primary N) is 1. The SMILES string of the molecule is COc1ccc(CN2CCC(C)C(O)C2)cc1C#CCN. The fourth-order valence-electron chi connectivity index (χ4n) is 2.61. The van der Waals surface area contributed by atoms with Crippen molar-refractivity contribution >= 4 is 0 Å². The van der Waals surface area contributed by atoms with E-state index in [4.69, 9.17) is 10.5 Å². The highest BCUT2D eigenvalue weighted by atomic mass is 16.5. The summed E-state index contributed by atoms with van der Waals surface area (Å²) >= 11 is 0. The second-order valence-corrected chi connectivity index (χ2v) is 5.61. The normalized spacial score (nSPS) is 22.5. The third-order valence-electron chi connectivity index (χ3n) is 4.00. The minimum atomic E-state index is -0.228. The van der Waals surface area contributed by atoms with Crippen molar-refractivity contribution in [1.29, 1.82) is 0 Å². The summed E-state index contributed by atoms with van der Waals surface area (Å²) in [5.41, 5.74) is 7.48. The van der Waals surface area contributed by atoms with Crippen LogP contribution in [-0.2, 0) is 6.54 Å². The number of methoxy groups -OCH3 is 1. The largest absolute Gasteiger partial charge is 0.495 e. The summed E-state index contributed by atoms with van der Waals surface area (Å²) in [6, 6.07) is 6.04. The predicted octanol–water partition coefficient (Wildman–Crippen LogP) is 1.21. The molecule has 1 aliphatic rings. The maximum absolute atomic E-state index is 9.98. The maximum atomic E-state index is 9.98. The average Bonchev–Trinajstić information content (AvgIpc) is 2.49. The molecule has 21 heavy (non-hydrogen) atoms. The molecule has 4 heteroatoms. The van der Waals surface area contributed by atoms with Gasteiger partial charge in [-0.05, 0) is 36.6 Å². The lowest BCUT2D eigenvalue weighted by Gasteiger charge is -2.34. The summed E-state index contributed by atoms with van der Waals surface area (Å²) in [6.07, 6.45) is 0.811. The highest BCUT2D eigenvalue weighted by Crippen LogP contribution is 2.22. The van der Waals surface area contributed by atoms with Crippen LogP contribution in [0.15, 0.2) is 18.2 Å². The number of hydrogen-bond donors (Lipinski definition) is 2. The van der Waals surface area contributed by atoms with E-state index in [1.54, 1.807) is 7.11 Å². The molecule has 2 unspecified atom stereocenters. The molecule has 4 nitrogen and oxygen atoms in total. The zero-order valence-corrected chi connectivity index (χ0v) is 12.8. The van der Waals surface area contributed by atoms with E-state index in [1.807, 2.05) is 12.1 Å². The number of hydrogen-bond acceptors (Lipinski definition) is 4. The van der Waals surface area contributed by atoms with Crippen molar-refractivity contribution in [1.82, 2.24) is 4.90 Å². The van der Waals surface area contributed by atoms with Gasteiger partial charge in [-0.15, -0.1) is 0 Å². The highest BCUT2D eigenvalue weighted by molar-refractivity contribution is 5.48. The Hall–Kier alpha value is -1.54. The van der Waals surface area contributed by atoms with Crippen LogP contribution >= 0.6 is 0 Å². The molecule has 1 fully saturated rings. The first-order valence-corrected chi connectivity index (χ1v) is 7.40. The first-order valence-electron chi connectivity index (χ1n) is 7.40. The van der Waals surface area contributed by atoms with E-state index in [0.717, 1.165) is 37.4 Å². The van der Waals surface area contributed by atoms with Gasteiger partial charge in [0, 0.05) is 13.1 Å². The van der Waals surface area contributed by atoms with Crippen LogP contribution in [-0.4, -0.2) is 42.9 Å². The molecular formula is C17H24N2O2. The summed E-state index contributed by atoms with van der Waals surface area (Å²) in [4.78, 5) is 2.28. The fraction of sp³-hybridized carbons (Fsp3) is 0.529. The maximum Gasteiger partial charge on any atom is 0.134 e. The Morgan fingerprint density at radius 1 is 1.48 bits per heavy atom. The Balaban J connectivity index is 2.10. The van der Waals surface area contributed by atoms with Gasteiger partial charge in [0.15, 0.2) is 0 Å². The molecule has 114 valence electrons. The zero-order valence-electron chi connectivity index (χ0n) is 12.8. The second kappa shape index (κ2) is 7.46. The lowest BCUT2D eigenvalue weighted by molar-refractivity contribution is 0.0259. The third kappa shape index (κ3) is 4.21. The molecule has 0 amide bonds. The van der Waals surface area contributed by atoms with Gasteiger partial charge in [-0.3, -0.25) is 4.90 Å². The van der Waals surface area contributed by atoms with E-state index >= 15 is 0 Å². The van der Waals surface area contributed by atoms with Crippen molar-refractivity contribution in [2.24, 2.45) is 11.7 Å². The van der Waals surface area contributed by atoms with Crippen molar-refractivity contribution in [3.05, 3.63) is 29.3 Å². The number of benzene rings is 1. The lowest BCUT2D eigenvalue weighted by atomic mass is 9.95. The number of ether oxygens (including phenoxy) is 1. The molecule has 0 radical (unpaired) electrons. The van der Waals surface area contributed by atoms with Gasteiger partial charge in [0.05, 0.1) is 25.3 Å². The summed E-state index contributed by atoms with van der Waals surface area (Å²) in [6.45, 7) is 5.02. The quantitative estimate of drug-likeness (QED) is 0.821. The molecule has 0 aromatic heterocycles. The molecule has 0 bridgehead atoms. The van der Waals surface area contributed by atoms with Gasteiger partial charge in [0.2, 0.25) is 0 Å². The molecule has 0 spiro atoms. The van der Waals surface area contributed by atoms with Crippen LogP contribution in [0.25, 0.3) is 0 Å². The molecule has 0 saturated carbocycles. The number of likely N-dealkylation sites (tertiary alicyclic amines) is 1. The Morgan fingerprint density at radius 3 is 2.95 bits per heavy atom. The smallest absolute Gasteiger partial charge is 0.134 e. The van der Waals surface area contributed by atoms with Crippen molar-refractivity contribution < 1.29 is 9.84 Å². The molecule has 2 atom stereocenters. The fourth-order valence-corrected chi connectivity index (χ4v) is 2.61. The van der Waals surface area contributed by atoms with Crippen molar-refractivity contribution in [3.63, 3.8) is 0 Å². The Morgan fingerprint density at radius 2 is 2.29 bits per heavy atom. The van der Waals surface area contributed by atoms with Crippen LogP contribution in [0.5, 0.6) is 5.75 Å². The second-order valence-electron chi connectivity index (χ2n) is 5.61. The number of piperidine rings is 1. The molecular weight excluding hydrogens is 264 g/mol. The first kappa shape index (κ1) is 15.8. The van der Waals surface area contributed by atoms with E-state index in [0.29, 0.717) is 12.5 Å². The summed E-state index contributed by atoms with van der Waals surface area (Å²) in [5, 5.41) is 9.98. The molecule has 1 heterocycles. The van der Waals surface area contributed by atoms with Crippen LogP contribution in [0.1, 0.15) is 24.5 Å². The summed E-state index contributed by atoms with van der Waals surface area (Å²) < 4.78 is 5.32. The summed E-state index contributed by atoms with van der Waals surface area (Å²) in [5.74, 6) is 7.08. The molecule has 1 aliphatic heterocycles. The van der Waals surface area contributed by atoms with Gasteiger partial charge >= 0.3 is 0 Å². The van der Waals surface area contributed by atoms with Gasteiger partial charge < -0.3 is 15.6 Å². The zero-order chi connectivity index (χ0) is 15.2. The van der Waals surface area contributed by atoms with Crippen molar-refractivity contribution in [2.75, 3.05) is 26.7 Å². The van der Waals surface area contributed by atoms with E-state index in [9.17, 15) is 5.11 Å². The van der Waals surface area contributed by atoms with Crippen LogP contribution < -0.4 is 10.5 Å².